The first-order valence-electron chi connectivity index (χ1n) is 10.3. The largest absolute Gasteiger partial charge is 0.335 e. The van der Waals surface area contributed by atoms with Crippen molar-refractivity contribution in [2.24, 2.45) is 0 Å². The Labute approximate surface area is 166 Å². The van der Waals surface area contributed by atoms with E-state index in [4.69, 9.17) is 0 Å². The molecule has 0 bridgehead atoms. The molecule has 0 atom stereocenters. The number of carbonyl (C=O) groups is 1. The smallest absolute Gasteiger partial charge is 0.317 e. The molecule has 0 aromatic carbocycles. The fraction of sp³-hybridized carbons (Fsp3) is 0.833. The van der Waals surface area contributed by atoms with Crippen LogP contribution in [0.2, 0.25) is 0 Å². The highest BCUT2D eigenvalue weighted by Gasteiger charge is 2.31. The Morgan fingerprint density at radius 3 is 2.39 bits per heavy atom. The third kappa shape index (κ3) is 4.17. The first-order chi connectivity index (χ1) is 13.4. The number of hydrogen-bond donors (Lipinski definition) is 1. The monoisotopic (exact) mass is 410 g/mol. The Balaban J connectivity index is 1.38. The predicted octanol–water partition coefficient (Wildman–Crippen LogP) is 0.927. The molecule has 2 aliphatic heterocycles. The Bertz CT molecular complexity index is 809. The number of piperidine rings is 1. The summed E-state index contributed by atoms with van der Waals surface area (Å²) in [5.74, 6) is 2.09. The zero-order valence-corrected chi connectivity index (χ0v) is 17.3. The van der Waals surface area contributed by atoms with Gasteiger partial charge in [-0.05, 0) is 25.7 Å². The van der Waals surface area contributed by atoms with Crippen LogP contribution in [0.25, 0.3) is 0 Å². The van der Waals surface area contributed by atoms with E-state index in [0.717, 1.165) is 37.3 Å². The molecule has 3 heterocycles. The minimum Gasteiger partial charge on any atom is -0.335 e. The van der Waals surface area contributed by atoms with E-state index in [0.29, 0.717) is 45.2 Å². The summed E-state index contributed by atoms with van der Waals surface area (Å²) in [4.78, 5) is 14.5. The zero-order valence-electron chi connectivity index (χ0n) is 16.5. The number of aromatic nitrogens is 3. The first-order valence-corrected chi connectivity index (χ1v) is 12.2. The quantitative estimate of drug-likeness (QED) is 0.799. The van der Waals surface area contributed by atoms with Crippen molar-refractivity contribution in [3.63, 3.8) is 0 Å². The lowest BCUT2D eigenvalue weighted by atomic mass is 9.97. The maximum absolute atomic E-state index is 12.6. The van der Waals surface area contributed by atoms with Gasteiger partial charge in [0.05, 0.1) is 6.26 Å². The van der Waals surface area contributed by atoms with Gasteiger partial charge in [0.2, 0.25) is 10.0 Å². The van der Waals surface area contributed by atoms with Crippen molar-refractivity contribution in [1.82, 2.24) is 29.3 Å². The maximum atomic E-state index is 12.6. The lowest BCUT2D eigenvalue weighted by molar-refractivity contribution is 0.194. The predicted molar refractivity (Wildman–Crippen MR) is 104 cm³/mol. The van der Waals surface area contributed by atoms with Crippen LogP contribution in [0.15, 0.2) is 0 Å². The summed E-state index contributed by atoms with van der Waals surface area (Å²) in [5.41, 5.74) is 0. The van der Waals surface area contributed by atoms with Crippen molar-refractivity contribution in [3.05, 3.63) is 11.6 Å². The number of fused-ring (bicyclic) bond motifs is 1. The topological polar surface area (TPSA) is 100 Å². The number of carbonyl (C=O) groups excluding carboxylic acids is 1. The summed E-state index contributed by atoms with van der Waals surface area (Å²) in [6, 6.07) is 0.360. The average molecular weight is 411 g/mol. The summed E-state index contributed by atoms with van der Waals surface area (Å²) in [6.07, 6.45) is 8.06. The second-order valence-corrected chi connectivity index (χ2v) is 10.2. The number of amides is 2. The van der Waals surface area contributed by atoms with Crippen LogP contribution >= 0.6 is 0 Å². The number of urea groups is 1. The molecule has 1 saturated heterocycles. The van der Waals surface area contributed by atoms with Crippen LogP contribution in [-0.2, 0) is 23.0 Å². The molecule has 9 nitrogen and oxygen atoms in total. The van der Waals surface area contributed by atoms with Gasteiger partial charge in [-0.3, -0.25) is 0 Å². The van der Waals surface area contributed by atoms with E-state index in [1.54, 1.807) is 0 Å². The van der Waals surface area contributed by atoms with Crippen molar-refractivity contribution < 1.29 is 13.2 Å². The Morgan fingerprint density at radius 1 is 1.00 bits per heavy atom. The molecule has 4 rings (SSSR count). The van der Waals surface area contributed by atoms with E-state index in [1.807, 2.05) is 4.90 Å². The van der Waals surface area contributed by atoms with Crippen molar-refractivity contribution in [1.29, 1.82) is 0 Å². The van der Waals surface area contributed by atoms with Crippen LogP contribution in [0.4, 0.5) is 4.79 Å². The lowest BCUT2D eigenvalue weighted by Gasteiger charge is -2.30. The van der Waals surface area contributed by atoms with Gasteiger partial charge in [0, 0.05) is 51.1 Å². The van der Waals surface area contributed by atoms with Gasteiger partial charge < -0.3 is 14.8 Å². The van der Waals surface area contributed by atoms with Gasteiger partial charge in [-0.1, -0.05) is 12.8 Å². The minimum absolute atomic E-state index is 0.0358. The average Bonchev–Trinajstić information content (AvgIpc) is 3.26. The number of nitrogens with zero attached hydrogens (tertiary/aromatic N) is 5. The molecule has 0 radical (unpaired) electrons. The van der Waals surface area contributed by atoms with E-state index >= 15 is 0 Å². The van der Waals surface area contributed by atoms with Crippen LogP contribution < -0.4 is 5.32 Å². The van der Waals surface area contributed by atoms with E-state index in [1.165, 1.54) is 23.4 Å². The Morgan fingerprint density at radius 2 is 1.71 bits per heavy atom. The lowest BCUT2D eigenvalue weighted by Crippen LogP contribution is -2.45. The van der Waals surface area contributed by atoms with Crippen molar-refractivity contribution in [2.45, 2.75) is 63.5 Å². The molecule has 1 N–H and O–H groups in total. The highest BCUT2D eigenvalue weighted by molar-refractivity contribution is 7.88. The standard InChI is InChI=1S/C18H30N6O3S/c1-28(26,27)23-10-6-14(7-11-23)17-21-20-16-8-9-22(12-13-24(16)17)18(25)19-15-4-2-3-5-15/h14-15H,2-13H2,1H3,(H,19,25). The van der Waals surface area contributed by atoms with Crippen molar-refractivity contribution >= 4 is 16.1 Å². The second-order valence-electron chi connectivity index (χ2n) is 8.23. The molecule has 10 heteroatoms. The molecule has 1 saturated carbocycles. The SMILES string of the molecule is CS(=O)(=O)N1CCC(c2nnc3n2CCN(C(=O)NC2CCCC2)CC3)CC1. The molecule has 2 fully saturated rings. The molecule has 28 heavy (non-hydrogen) atoms. The molecular weight excluding hydrogens is 380 g/mol. The fourth-order valence-electron chi connectivity index (χ4n) is 4.63. The van der Waals surface area contributed by atoms with Gasteiger partial charge in [0.1, 0.15) is 11.6 Å². The van der Waals surface area contributed by atoms with Gasteiger partial charge in [-0.25, -0.2) is 17.5 Å². The number of sulfonamides is 1. The van der Waals surface area contributed by atoms with Gasteiger partial charge >= 0.3 is 6.03 Å². The highest BCUT2D eigenvalue weighted by atomic mass is 32.2. The Hall–Kier alpha value is -1.68. The first kappa shape index (κ1) is 19.6. The van der Waals surface area contributed by atoms with Crippen LogP contribution in [0.1, 0.15) is 56.1 Å². The summed E-state index contributed by atoms with van der Waals surface area (Å²) < 4.78 is 27.2. The third-order valence-electron chi connectivity index (χ3n) is 6.31. The minimum atomic E-state index is -3.13. The fourth-order valence-corrected chi connectivity index (χ4v) is 5.51. The normalized spacial score (nSPS) is 22.8. The van der Waals surface area contributed by atoms with E-state index in [9.17, 15) is 13.2 Å². The van der Waals surface area contributed by atoms with Gasteiger partial charge in [0.15, 0.2) is 0 Å². The third-order valence-corrected chi connectivity index (χ3v) is 7.62. The van der Waals surface area contributed by atoms with Gasteiger partial charge in [0.25, 0.3) is 0 Å². The van der Waals surface area contributed by atoms with Crippen molar-refractivity contribution in [3.8, 4) is 0 Å². The van der Waals surface area contributed by atoms with Crippen LogP contribution in [0.5, 0.6) is 0 Å². The summed E-state index contributed by atoms with van der Waals surface area (Å²) in [5, 5.41) is 12.0. The van der Waals surface area contributed by atoms with Gasteiger partial charge in [-0.2, -0.15) is 0 Å². The number of hydrogen-bond acceptors (Lipinski definition) is 5. The van der Waals surface area contributed by atoms with Crippen LogP contribution in [-0.4, -0.2) is 76.9 Å². The van der Waals surface area contributed by atoms with Crippen LogP contribution in [0, 0.1) is 0 Å². The second kappa shape index (κ2) is 7.98. The van der Waals surface area contributed by atoms with Crippen molar-refractivity contribution in [2.75, 3.05) is 32.4 Å². The van der Waals surface area contributed by atoms with Gasteiger partial charge in [-0.15, -0.1) is 10.2 Å². The highest BCUT2D eigenvalue weighted by Crippen LogP contribution is 2.29. The summed E-state index contributed by atoms with van der Waals surface area (Å²) >= 11 is 0. The zero-order chi connectivity index (χ0) is 19.7. The molecule has 156 valence electrons. The molecule has 0 unspecified atom stereocenters. The summed E-state index contributed by atoms with van der Waals surface area (Å²) in [7, 11) is -3.13. The molecule has 1 aliphatic carbocycles. The van der Waals surface area contributed by atoms with E-state index in [2.05, 4.69) is 20.1 Å². The molecule has 1 aromatic heterocycles. The van der Waals surface area contributed by atoms with E-state index in [-0.39, 0.29) is 11.9 Å². The Kier molecular flexibility index (Phi) is 5.59. The maximum Gasteiger partial charge on any atom is 0.317 e. The molecule has 2 amide bonds. The molecular formula is C18H30N6O3S. The summed E-state index contributed by atoms with van der Waals surface area (Å²) in [6.45, 7) is 3.06. The van der Waals surface area contributed by atoms with E-state index < -0.39 is 10.0 Å². The molecule has 0 spiro atoms. The molecule has 3 aliphatic rings. The number of nitrogens with one attached hydrogen (secondary N) is 1. The molecule has 1 aromatic rings. The van der Waals surface area contributed by atoms with Crippen LogP contribution in [0.3, 0.4) is 0 Å². The number of rotatable bonds is 3.